The first kappa shape index (κ1) is 11.6. The van der Waals surface area contributed by atoms with Crippen molar-refractivity contribution in [1.82, 2.24) is 25.4 Å². The quantitative estimate of drug-likeness (QED) is 0.722. The third-order valence-electron chi connectivity index (χ3n) is 2.82. The predicted molar refractivity (Wildman–Crippen MR) is 58.9 cm³/mol. The largest absolute Gasteiger partial charge is 0.354 e. The standard InChI is InChI=1S/C10H15N5O2/c1-7(15-6-11-5-13-15)10(17)14-8-2-3-9(16)12-4-8/h5-8H,2-4H2,1H3,(H,12,16)(H,14,17). The fourth-order valence-corrected chi connectivity index (χ4v) is 1.72. The zero-order valence-corrected chi connectivity index (χ0v) is 9.59. The first-order chi connectivity index (χ1) is 8.16. The molecule has 0 spiro atoms. The lowest BCUT2D eigenvalue weighted by Gasteiger charge is -2.24. The van der Waals surface area contributed by atoms with Gasteiger partial charge in [0, 0.05) is 19.0 Å². The molecule has 2 heterocycles. The summed E-state index contributed by atoms with van der Waals surface area (Å²) in [5.74, 6) is -0.0727. The van der Waals surface area contributed by atoms with Gasteiger partial charge in [0.05, 0.1) is 0 Å². The molecule has 2 unspecified atom stereocenters. The maximum atomic E-state index is 11.9. The Labute approximate surface area is 98.6 Å². The fraction of sp³-hybridized carbons (Fsp3) is 0.600. The molecule has 7 heteroatoms. The average molecular weight is 237 g/mol. The highest BCUT2D eigenvalue weighted by Gasteiger charge is 2.22. The molecular formula is C10H15N5O2. The molecule has 1 aliphatic rings. The van der Waals surface area contributed by atoms with Crippen molar-refractivity contribution >= 4 is 11.8 Å². The van der Waals surface area contributed by atoms with Crippen LogP contribution in [0, 0.1) is 0 Å². The normalized spacial score (nSPS) is 21.7. The number of hydrogen-bond acceptors (Lipinski definition) is 4. The molecule has 0 saturated carbocycles. The van der Waals surface area contributed by atoms with E-state index in [9.17, 15) is 9.59 Å². The molecule has 0 radical (unpaired) electrons. The Balaban J connectivity index is 1.87. The lowest BCUT2D eigenvalue weighted by Crippen LogP contribution is -2.49. The first-order valence-electron chi connectivity index (χ1n) is 5.58. The van der Waals surface area contributed by atoms with E-state index in [0.29, 0.717) is 19.4 Å². The molecule has 2 N–H and O–H groups in total. The number of carbonyl (C=O) groups is 2. The molecule has 2 amide bonds. The van der Waals surface area contributed by atoms with Gasteiger partial charge in [-0.15, -0.1) is 0 Å². The topological polar surface area (TPSA) is 88.9 Å². The van der Waals surface area contributed by atoms with Crippen molar-refractivity contribution in [2.24, 2.45) is 0 Å². The lowest BCUT2D eigenvalue weighted by molar-refractivity contribution is -0.127. The van der Waals surface area contributed by atoms with Crippen LogP contribution in [0.15, 0.2) is 12.7 Å². The Bertz CT molecular complexity index is 393. The second-order valence-corrected chi connectivity index (χ2v) is 4.10. The maximum Gasteiger partial charge on any atom is 0.244 e. The number of aromatic nitrogens is 3. The summed E-state index contributed by atoms with van der Waals surface area (Å²) in [6.07, 6.45) is 4.04. The summed E-state index contributed by atoms with van der Waals surface area (Å²) in [7, 11) is 0. The molecule has 1 saturated heterocycles. The van der Waals surface area contributed by atoms with Crippen molar-refractivity contribution in [3.8, 4) is 0 Å². The SMILES string of the molecule is CC(C(=O)NC1CCC(=O)NC1)n1cncn1. The molecule has 0 aliphatic carbocycles. The summed E-state index contributed by atoms with van der Waals surface area (Å²) < 4.78 is 1.50. The van der Waals surface area contributed by atoms with Gasteiger partial charge in [-0.3, -0.25) is 9.59 Å². The number of amides is 2. The van der Waals surface area contributed by atoms with Crippen molar-refractivity contribution in [1.29, 1.82) is 0 Å². The average Bonchev–Trinajstić information content (AvgIpc) is 2.84. The van der Waals surface area contributed by atoms with E-state index in [1.54, 1.807) is 6.92 Å². The van der Waals surface area contributed by atoms with Gasteiger partial charge in [-0.25, -0.2) is 9.67 Å². The molecule has 92 valence electrons. The van der Waals surface area contributed by atoms with E-state index < -0.39 is 6.04 Å². The van der Waals surface area contributed by atoms with Gasteiger partial charge in [0.2, 0.25) is 11.8 Å². The number of hydrogen-bond donors (Lipinski definition) is 2. The molecule has 1 aromatic rings. The molecule has 2 atom stereocenters. The van der Waals surface area contributed by atoms with E-state index in [-0.39, 0.29) is 17.9 Å². The summed E-state index contributed by atoms with van der Waals surface area (Å²) in [6.45, 7) is 2.25. The van der Waals surface area contributed by atoms with Gasteiger partial charge in [-0.1, -0.05) is 0 Å². The van der Waals surface area contributed by atoms with Crippen molar-refractivity contribution in [3.05, 3.63) is 12.7 Å². The predicted octanol–water partition coefficient (Wildman–Crippen LogP) is -0.766. The van der Waals surface area contributed by atoms with Crippen LogP contribution in [0.25, 0.3) is 0 Å². The number of nitrogens with one attached hydrogen (secondary N) is 2. The highest BCUT2D eigenvalue weighted by molar-refractivity contribution is 5.81. The van der Waals surface area contributed by atoms with Gasteiger partial charge in [0.25, 0.3) is 0 Å². The van der Waals surface area contributed by atoms with Crippen LogP contribution in [0.5, 0.6) is 0 Å². The van der Waals surface area contributed by atoms with E-state index in [1.165, 1.54) is 17.3 Å². The summed E-state index contributed by atoms with van der Waals surface area (Å²) in [5, 5.41) is 9.53. The Kier molecular flexibility index (Phi) is 3.36. The number of nitrogens with zero attached hydrogens (tertiary/aromatic N) is 3. The molecule has 1 fully saturated rings. The van der Waals surface area contributed by atoms with Gasteiger partial charge < -0.3 is 10.6 Å². The van der Waals surface area contributed by atoms with E-state index >= 15 is 0 Å². The minimum absolute atomic E-state index is 0.00571. The zero-order valence-electron chi connectivity index (χ0n) is 9.59. The van der Waals surface area contributed by atoms with E-state index in [0.717, 1.165) is 0 Å². The number of carbonyl (C=O) groups excluding carboxylic acids is 2. The van der Waals surface area contributed by atoms with E-state index in [2.05, 4.69) is 20.7 Å². The van der Waals surface area contributed by atoms with Crippen LogP contribution in [0.1, 0.15) is 25.8 Å². The van der Waals surface area contributed by atoms with Crippen LogP contribution >= 0.6 is 0 Å². The van der Waals surface area contributed by atoms with Crippen molar-refractivity contribution in [3.63, 3.8) is 0 Å². The van der Waals surface area contributed by atoms with Crippen molar-refractivity contribution in [2.45, 2.75) is 31.8 Å². The Hall–Kier alpha value is -1.92. The molecular weight excluding hydrogens is 222 g/mol. The van der Waals surface area contributed by atoms with Gasteiger partial charge in [0.1, 0.15) is 18.7 Å². The molecule has 1 aromatic heterocycles. The zero-order chi connectivity index (χ0) is 12.3. The van der Waals surface area contributed by atoms with Gasteiger partial charge >= 0.3 is 0 Å². The van der Waals surface area contributed by atoms with Gasteiger partial charge in [-0.2, -0.15) is 5.10 Å². The van der Waals surface area contributed by atoms with Crippen LogP contribution in [0.4, 0.5) is 0 Å². The molecule has 1 aliphatic heterocycles. The van der Waals surface area contributed by atoms with Crippen molar-refractivity contribution < 1.29 is 9.59 Å². The third kappa shape index (κ3) is 2.80. The van der Waals surface area contributed by atoms with Gasteiger partial charge in [-0.05, 0) is 13.3 Å². The summed E-state index contributed by atoms with van der Waals surface area (Å²) in [5.41, 5.74) is 0. The molecule has 0 aromatic carbocycles. The lowest BCUT2D eigenvalue weighted by atomic mass is 10.1. The maximum absolute atomic E-state index is 11.9. The highest BCUT2D eigenvalue weighted by atomic mass is 16.2. The highest BCUT2D eigenvalue weighted by Crippen LogP contribution is 2.06. The Morgan fingerprint density at radius 1 is 1.71 bits per heavy atom. The minimum atomic E-state index is -0.393. The Morgan fingerprint density at radius 2 is 2.53 bits per heavy atom. The van der Waals surface area contributed by atoms with Crippen molar-refractivity contribution in [2.75, 3.05) is 6.54 Å². The number of piperidine rings is 1. The second-order valence-electron chi connectivity index (χ2n) is 4.10. The smallest absolute Gasteiger partial charge is 0.244 e. The Morgan fingerprint density at radius 3 is 3.12 bits per heavy atom. The minimum Gasteiger partial charge on any atom is -0.354 e. The third-order valence-corrected chi connectivity index (χ3v) is 2.82. The van der Waals surface area contributed by atoms with Crippen LogP contribution in [-0.4, -0.2) is 39.2 Å². The summed E-state index contributed by atoms with van der Waals surface area (Å²) >= 11 is 0. The first-order valence-corrected chi connectivity index (χ1v) is 5.58. The molecule has 7 nitrogen and oxygen atoms in total. The molecule has 2 rings (SSSR count). The van der Waals surface area contributed by atoms with Crippen LogP contribution in [0.2, 0.25) is 0 Å². The van der Waals surface area contributed by atoms with Crippen LogP contribution in [0.3, 0.4) is 0 Å². The monoisotopic (exact) mass is 237 g/mol. The van der Waals surface area contributed by atoms with E-state index in [4.69, 9.17) is 0 Å². The van der Waals surface area contributed by atoms with Crippen LogP contribution < -0.4 is 10.6 Å². The molecule has 0 bridgehead atoms. The van der Waals surface area contributed by atoms with Gasteiger partial charge in [0.15, 0.2) is 0 Å². The summed E-state index contributed by atoms with van der Waals surface area (Å²) in [4.78, 5) is 26.6. The van der Waals surface area contributed by atoms with Crippen LogP contribution in [-0.2, 0) is 9.59 Å². The molecule has 17 heavy (non-hydrogen) atoms. The van der Waals surface area contributed by atoms with E-state index in [1.807, 2.05) is 0 Å². The second kappa shape index (κ2) is 4.94. The summed E-state index contributed by atoms with van der Waals surface area (Å²) in [6, 6.07) is -0.388. The fourth-order valence-electron chi connectivity index (χ4n) is 1.72. The number of rotatable bonds is 3.